The van der Waals surface area contributed by atoms with Crippen molar-refractivity contribution in [3.05, 3.63) is 103 Å². The van der Waals surface area contributed by atoms with E-state index in [1.54, 1.807) is 4.68 Å². The summed E-state index contributed by atoms with van der Waals surface area (Å²) < 4.78 is 7.87. The van der Waals surface area contributed by atoms with Crippen molar-refractivity contribution in [3.8, 4) is 11.3 Å². The third kappa shape index (κ3) is 5.25. The first kappa shape index (κ1) is 21.0. The highest BCUT2D eigenvalue weighted by atomic mass is 79.9. The lowest BCUT2D eigenvalue weighted by Crippen LogP contribution is -2.13. The molecule has 156 valence electrons. The van der Waals surface area contributed by atoms with Crippen LogP contribution >= 0.6 is 27.3 Å². The molecule has 0 unspecified atom stereocenters. The van der Waals surface area contributed by atoms with Crippen molar-refractivity contribution >= 4 is 39.4 Å². The van der Waals surface area contributed by atoms with E-state index in [9.17, 15) is 10.1 Å². The fourth-order valence-electron chi connectivity index (χ4n) is 2.92. The van der Waals surface area contributed by atoms with Gasteiger partial charge in [-0.25, -0.2) is 4.68 Å². The third-order valence-corrected chi connectivity index (χ3v) is 5.74. The molecule has 0 saturated carbocycles. The molecule has 0 bridgehead atoms. The number of nitrogens with zero attached hydrogens (tertiary/aromatic N) is 4. The Hall–Kier alpha value is -3.30. The fourth-order valence-corrected chi connectivity index (χ4v) is 4.18. The van der Waals surface area contributed by atoms with E-state index in [1.165, 1.54) is 35.2 Å². The molecule has 0 fully saturated rings. The van der Waals surface area contributed by atoms with Crippen molar-refractivity contribution in [2.75, 3.05) is 6.54 Å². The Kier molecular flexibility index (Phi) is 6.54. The van der Waals surface area contributed by atoms with E-state index in [4.69, 9.17) is 9.41 Å². The molecule has 4 aromatic rings. The van der Waals surface area contributed by atoms with E-state index in [0.717, 1.165) is 27.0 Å². The van der Waals surface area contributed by atoms with Crippen LogP contribution in [0.3, 0.4) is 0 Å². The van der Waals surface area contributed by atoms with Gasteiger partial charge in [-0.3, -0.25) is 15.1 Å². The zero-order valence-electron chi connectivity index (χ0n) is 16.2. The molecule has 4 rings (SSSR count). The van der Waals surface area contributed by atoms with Gasteiger partial charge in [0.2, 0.25) is 4.80 Å². The average Bonchev–Trinajstić information content (AvgIpc) is 3.40. The van der Waals surface area contributed by atoms with E-state index in [-0.39, 0.29) is 5.88 Å². The first-order valence-electron chi connectivity index (χ1n) is 9.39. The summed E-state index contributed by atoms with van der Waals surface area (Å²) in [6.45, 7) is 0.615. The summed E-state index contributed by atoms with van der Waals surface area (Å²) in [6, 6.07) is 20.9. The molecule has 2 aromatic heterocycles. The summed E-state index contributed by atoms with van der Waals surface area (Å²) in [6.07, 6.45) is 2.27. The number of thiazole rings is 1. The molecule has 0 aliphatic rings. The lowest BCUT2D eigenvalue weighted by atomic mass is 10.2. The van der Waals surface area contributed by atoms with Crippen molar-refractivity contribution in [1.29, 1.82) is 0 Å². The van der Waals surface area contributed by atoms with Gasteiger partial charge in [-0.2, -0.15) is 5.10 Å². The van der Waals surface area contributed by atoms with Gasteiger partial charge in [0.1, 0.15) is 4.92 Å². The zero-order valence-corrected chi connectivity index (χ0v) is 18.6. The molecular weight excluding hydrogens is 480 g/mol. The molecule has 0 aliphatic carbocycles. The summed E-state index contributed by atoms with van der Waals surface area (Å²) in [5, 5.41) is 17.4. The normalized spacial score (nSPS) is 12.0. The van der Waals surface area contributed by atoms with Gasteiger partial charge in [-0.05, 0) is 30.2 Å². The molecular formula is C22H17BrN4O3S. The number of rotatable bonds is 7. The highest BCUT2D eigenvalue weighted by molar-refractivity contribution is 9.10. The van der Waals surface area contributed by atoms with Gasteiger partial charge in [0.15, 0.2) is 5.76 Å². The van der Waals surface area contributed by atoms with Crippen LogP contribution in [0.4, 0.5) is 5.88 Å². The molecule has 7 nitrogen and oxygen atoms in total. The van der Waals surface area contributed by atoms with Crippen molar-refractivity contribution in [3.63, 3.8) is 0 Å². The smallest absolute Gasteiger partial charge is 0.400 e. The van der Waals surface area contributed by atoms with Crippen LogP contribution in [-0.4, -0.2) is 22.4 Å². The predicted molar refractivity (Wildman–Crippen MR) is 124 cm³/mol. The SMILES string of the molecule is O=[N+]([O-])c1ccc(C=Nn2c(-c3cccc(Br)c3)csc2=NCCc2ccccc2)o1. The van der Waals surface area contributed by atoms with Crippen molar-refractivity contribution in [1.82, 2.24) is 4.68 Å². The lowest BCUT2D eigenvalue weighted by Gasteiger charge is -2.04. The van der Waals surface area contributed by atoms with Crippen molar-refractivity contribution in [2.24, 2.45) is 10.1 Å². The van der Waals surface area contributed by atoms with E-state index in [2.05, 4.69) is 33.2 Å². The van der Waals surface area contributed by atoms with Gasteiger partial charge in [0, 0.05) is 22.0 Å². The van der Waals surface area contributed by atoms with E-state index in [0.29, 0.717) is 12.3 Å². The topological polar surface area (TPSA) is 85.9 Å². The summed E-state index contributed by atoms with van der Waals surface area (Å²) >= 11 is 4.99. The number of benzene rings is 2. The number of furan rings is 1. The van der Waals surface area contributed by atoms with E-state index < -0.39 is 4.92 Å². The number of halogens is 1. The molecule has 9 heteroatoms. The molecule has 0 saturated heterocycles. The first-order chi connectivity index (χ1) is 15.1. The van der Waals surface area contributed by atoms with E-state index in [1.807, 2.05) is 47.8 Å². The monoisotopic (exact) mass is 496 g/mol. The minimum Gasteiger partial charge on any atom is -0.400 e. The van der Waals surface area contributed by atoms with Gasteiger partial charge < -0.3 is 4.42 Å². The van der Waals surface area contributed by atoms with Gasteiger partial charge in [0.05, 0.1) is 18.0 Å². The summed E-state index contributed by atoms with van der Waals surface area (Å²) in [4.78, 5) is 15.7. The van der Waals surface area contributed by atoms with Crippen LogP contribution in [0.5, 0.6) is 0 Å². The van der Waals surface area contributed by atoms with Crippen LogP contribution < -0.4 is 4.80 Å². The summed E-state index contributed by atoms with van der Waals surface area (Å²) in [5.74, 6) is -0.0300. The van der Waals surface area contributed by atoms with Gasteiger partial charge in [-0.1, -0.05) is 58.4 Å². The van der Waals surface area contributed by atoms with Crippen LogP contribution in [0.25, 0.3) is 11.3 Å². The standard InChI is InChI=1S/C22H17BrN4O3S/c23-18-8-4-7-17(13-18)20-15-31-22(24-12-11-16-5-2-1-3-6-16)26(20)25-14-19-9-10-21(30-19)27(28)29/h1-10,13-15H,11-12H2. The molecule has 0 aliphatic heterocycles. The number of aromatic nitrogens is 1. The quantitative estimate of drug-likeness (QED) is 0.192. The average molecular weight is 497 g/mol. The Morgan fingerprint density at radius 1 is 1.13 bits per heavy atom. The van der Waals surface area contributed by atoms with Crippen molar-refractivity contribution in [2.45, 2.75) is 6.42 Å². The summed E-state index contributed by atoms with van der Waals surface area (Å²) in [7, 11) is 0. The molecule has 0 radical (unpaired) electrons. The Morgan fingerprint density at radius 2 is 1.97 bits per heavy atom. The number of nitro groups is 1. The van der Waals surface area contributed by atoms with Gasteiger partial charge >= 0.3 is 5.88 Å². The number of hydrogen-bond donors (Lipinski definition) is 0. The minimum absolute atomic E-state index is 0.292. The lowest BCUT2D eigenvalue weighted by molar-refractivity contribution is -0.402. The maximum Gasteiger partial charge on any atom is 0.433 e. The largest absolute Gasteiger partial charge is 0.433 e. The minimum atomic E-state index is -0.577. The molecule has 31 heavy (non-hydrogen) atoms. The second kappa shape index (κ2) is 9.67. The van der Waals surface area contributed by atoms with Gasteiger partial charge in [0.25, 0.3) is 0 Å². The van der Waals surface area contributed by atoms with Crippen LogP contribution in [0, 0.1) is 10.1 Å². The van der Waals surface area contributed by atoms with Gasteiger partial charge in [-0.15, -0.1) is 11.3 Å². The maximum atomic E-state index is 10.9. The molecule has 0 N–H and O–H groups in total. The summed E-state index contributed by atoms with van der Waals surface area (Å²) in [5.41, 5.74) is 3.05. The van der Waals surface area contributed by atoms with Crippen molar-refractivity contribution < 1.29 is 9.34 Å². The van der Waals surface area contributed by atoms with E-state index >= 15 is 0 Å². The zero-order chi connectivity index (χ0) is 21.6. The molecule has 0 spiro atoms. The fraction of sp³-hybridized carbons (Fsp3) is 0.0909. The second-order valence-electron chi connectivity index (χ2n) is 6.52. The highest BCUT2D eigenvalue weighted by Crippen LogP contribution is 2.24. The van der Waals surface area contributed by atoms with Crippen LogP contribution in [0.2, 0.25) is 0 Å². The Morgan fingerprint density at radius 3 is 2.71 bits per heavy atom. The first-order valence-corrected chi connectivity index (χ1v) is 11.1. The Bertz CT molecular complexity index is 1290. The van der Waals surface area contributed by atoms with Crippen LogP contribution in [-0.2, 0) is 6.42 Å². The predicted octanol–water partition coefficient (Wildman–Crippen LogP) is 5.51. The molecule has 2 heterocycles. The molecule has 0 atom stereocenters. The number of hydrogen-bond acceptors (Lipinski definition) is 6. The molecule has 2 aromatic carbocycles. The Balaban J connectivity index is 1.68. The second-order valence-corrected chi connectivity index (χ2v) is 8.27. The third-order valence-electron chi connectivity index (χ3n) is 4.39. The highest BCUT2D eigenvalue weighted by Gasteiger charge is 2.11. The maximum absolute atomic E-state index is 10.9. The van der Waals surface area contributed by atoms with Crippen LogP contribution in [0.1, 0.15) is 11.3 Å². The Labute approximate surface area is 190 Å². The molecule has 0 amide bonds. The van der Waals surface area contributed by atoms with Crippen LogP contribution in [0.15, 0.2) is 91.1 Å².